The van der Waals surface area contributed by atoms with E-state index in [1.807, 2.05) is 24.3 Å². The van der Waals surface area contributed by atoms with Gasteiger partial charge in [0.05, 0.1) is 25.2 Å². The van der Waals surface area contributed by atoms with E-state index in [1.165, 1.54) is 0 Å². The molecule has 1 aliphatic rings. The second-order valence-electron chi connectivity index (χ2n) is 4.70. The molecular formula is C14H20N2O3. The van der Waals surface area contributed by atoms with Crippen molar-refractivity contribution in [1.29, 1.82) is 0 Å². The van der Waals surface area contributed by atoms with Gasteiger partial charge < -0.3 is 20.5 Å². The number of carbonyl (C=O) groups excluding carboxylic acids is 1. The number of hydrogen-bond donors (Lipinski definition) is 3. The van der Waals surface area contributed by atoms with Gasteiger partial charge in [0.2, 0.25) is 5.91 Å². The number of rotatable bonds is 5. The highest BCUT2D eigenvalue weighted by Gasteiger charge is 2.27. The number of fused-ring (bicyclic) bond motifs is 1. The molecule has 0 spiro atoms. The number of ether oxygens (including phenoxy) is 1. The summed E-state index contributed by atoms with van der Waals surface area (Å²) in [5.74, 6) is -0.214. The summed E-state index contributed by atoms with van der Waals surface area (Å²) in [4.78, 5) is 12.3. The number of hydrogen-bond acceptors (Lipinski definition) is 4. The maximum absolute atomic E-state index is 12.3. The molecule has 2 rings (SSSR count). The second kappa shape index (κ2) is 6.54. The lowest BCUT2D eigenvalue weighted by molar-refractivity contribution is -0.124. The summed E-state index contributed by atoms with van der Waals surface area (Å²) < 4.78 is 4.97. The largest absolute Gasteiger partial charge is 0.394 e. The average Bonchev–Trinajstić information content (AvgIpc) is 2.46. The molecule has 1 aromatic rings. The third kappa shape index (κ3) is 3.24. The first-order chi connectivity index (χ1) is 9.26. The average molecular weight is 264 g/mol. The molecular weight excluding hydrogens is 244 g/mol. The van der Waals surface area contributed by atoms with Crippen molar-refractivity contribution in [2.24, 2.45) is 0 Å². The molecule has 5 nitrogen and oxygen atoms in total. The number of carbonyl (C=O) groups is 1. The number of methoxy groups -OCH3 is 1. The third-order valence-corrected chi connectivity index (χ3v) is 3.34. The summed E-state index contributed by atoms with van der Waals surface area (Å²) >= 11 is 0. The number of amides is 1. The van der Waals surface area contributed by atoms with Crippen LogP contribution in [0.3, 0.4) is 0 Å². The molecule has 0 aliphatic carbocycles. The lowest BCUT2D eigenvalue weighted by Gasteiger charge is -2.27. The van der Waals surface area contributed by atoms with Crippen molar-refractivity contribution in [3.8, 4) is 0 Å². The predicted molar refractivity (Wildman–Crippen MR) is 73.2 cm³/mol. The van der Waals surface area contributed by atoms with Crippen LogP contribution in [0.25, 0.3) is 0 Å². The molecule has 1 heterocycles. The fourth-order valence-corrected chi connectivity index (χ4v) is 2.38. The van der Waals surface area contributed by atoms with Crippen molar-refractivity contribution in [2.45, 2.75) is 18.4 Å². The number of anilines is 1. The van der Waals surface area contributed by atoms with Gasteiger partial charge in [-0.25, -0.2) is 0 Å². The zero-order chi connectivity index (χ0) is 13.7. The number of benzene rings is 1. The molecule has 5 heteroatoms. The van der Waals surface area contributed by atoms with E-state index in [2.05, 4.69) is 10.6 Å². The van der Waals surface area contributed by atoms with Crippen LogP contribution in [0.15, 0.2) is 24.3 Å². The Balaban J connectivity index is 2.08. The fourth-order valence-electron chi connectivity index (χ4n) is 2.38. The van der Waals surface area contributed by atoms with Gasteiger partial charge in [-0.3, -0.25) is 4.79 Å². The Kier molecular flexibility index (Phi) is 4.76. The van der Waals surface area contributed by atoms with Crippen LogP contribution in [-0.2, 0) is 9.53 Å². The fraction of sp³-hybridized carbons (Fsp3) is 0.500. The Hall–Kier alpha value is -1.59. The Morgan fingerprint density at radius 1 is 1.58 bits per heavy atom. The van der Waals surface area contributed by atoms with Crippen molar-refractivity contribution in [1.82, 2.24) is 5.32 Å². The summed E-state index contributed by atoms with van der Waals surface area (Å²) in [5, 5.41) is 15.3. The maximum Gasteiger partial charge on any atom is 0.228 e. The van der Waals surface area contributed by atoms with Gasteiger partial charge in [-0.15, -0.1) is 0 Å². The maximum atomic E-state index is 12.3. The van der Waals surface area contributed by atoms with Crippen molar-refractivity contribution in [3.63, 3.8) is 0 Å². The monoisotopic (exact) mass is 264 g/mol. The molecule has 19 heavy (non-hydrogen) atoms. The van der Waals surface area contributed by atoms with Crippen molar-refractivity contribution in [3.05, 3.63) is 29.8 Å². The van der Waals surface area contributed by atoms with E-state index in [0.29, 0.717) is 6.61 Å². The van der Waals surface area contributed by atoms with Crippen LogP contribution < -0.4 is 10.6 Å². The zero-order valence-corrected chi connectivity index (χ0v) is 11.1. The van der Waals surface area contributed by atoms with E-state index in [-0.39, 0.29) is 24.5 Å². The molecule has 0 saturated heterocycles. The first kappa shape index (κ1) is 13.8. The summed E-state index contributed by atoms with van der Waals surface area (Å²) in [6, 6.07) is 7.49. The van der Waals surface area contributed by atoms with E-state index in [1.54, 1.807) is 7.11 Å². The first-order valence-electron chi connectivity index (χ1n) is 6.49. The first-order valence-corrected chi connectivity index (χ1v) is 6.49. The lowest BCUT2D eigenvalue weighted by Crippen LogP contribution is -2.43. The molecule has 0 aromatic heterocycles. The van der Waals surface area contributed by atoms with Gasteiger partial charge in [-0.2, -0.15) is 0 Å². The van der Waals surface area contributed by atoms with Crippen molar-refractivity contribution >= 4 is 11.6 Å². The minimum absolute atomic E-state index is 0.0509. The quantitative estimate of drug-likeness (QED) is 0.732. The van der Waals surface area contributed by atoms with Gasteiger partial charge in [0.1, 0.15) is 0 Å². The molecule has 3 N–H and O–H groups in total. The number of aliphatic hydroxyl groups is 1. The van der Waals surface area contributed by atoms with E-state index in [0.717, 1.165) is 24.2 Å². The molecule has 1 aromatic carbocycles. The molecule has 1 amide bonds. The molecule has 0 saturated carbocycles. The van der Waals surface area contributed by atoms with Gasteiger partial charge >= 0.3 is 0 Å². The van der Waals surface area contributed by atoms with Gasteiger partial charge in [-0.05, 0) is 18.1 Å². The molecule has 2 unspecified atom stereocenters. The van der Waals surface area contributed by atoms with Crippen molar-refractivity contribution in [2.75, 3.05) is 32.2 Å². The summed E-state index contributed by atoms with van der Waals surface area (Å²) in [6.07, 6.45) is 0.758. The Labute approximate surface area is 113 Å². The van der Waals surface area contributed by atoms with Crippen molar-refractivity contribution < 1.29 is 14.6 Å². The highest BCUT2D eigenvalue weighted by atomic mass is 16.5. The summed E-state index contributed by atoms with van der Waals surface area (Å²) in [5.41, 5.74) is 2.03. The minimum atomic E-state index is -0.348. The predicted octanol–water partition coefficient (Wildman–Crippen LogP) is 0.709. The minimum Gasteiger partial charge on any atom is -0.394 e. The van der Waals surface area contributed by atoms with Gasteiger partial charge in [-0.1, -0.05) is 18.2 Å². The van der Waals surface area contributed by atoms with Gasteiger partial charge in [0.15, 0.2) is 0 Å². The Bertz CT molecular complexity index is 436. The Morgan fingerprint density at radius 2 is 2.37 bits per heavy atom. The van der Waals surface area contributed by atoms with Crippen LogP contribution in [0, 0.1) is 0 Å². The van der Waals surface area contributed by atoms with E-state index < -0.39 is 0 Å². The number of nitrogens with one attached hydrogen (secondary N) is 2. The smallest absolute Gasteiger partial charge is 0.228 e. The summed E-state index contributed by atoms with van der Waals surface area (Å²) in [7, 11) is 1.55. The third-order valence-electron chi connectivity index (χ3n) is 3.34. The van der Waals surface area contributed by atoms with Gasteiger partial charge in [0.25, 0.3) is 0 Å². The topological polar surface area (TPSA) is 70.6 Å². The molecule has 104 valence electrons. The molecule has 0 radical (unpaired) electrons. The molecule has 1 aliphatic heterocycles. The second-order valence-corrected chi connectivity index (χ2v) is 4.70. The molecule has 2 atom stereocenters. The zero-order valence-electron chi connectivity index (χ0n) is 11.1. The van der Waals surface area contributed by atoms with Crippen LogP contribution in [0.4, 0.5) is 5.69 Å². The van der Waals surface area contributed by atoms with Crippen LogP contribution >= 0.6 is 0 Å². The highest BCUT2D eigenvalue weighted by molar-refractivity contribution is 5.86. The Morgan fingerprint density at radius 3 is 3.11 bits per heavy atom. The number of para-hydroxylation sites is 1. The van der Waals surface area contributed by atoms with Crippen LogP contribution in [0.2, 0.25) is 0 Å². The van der Waals surface area contributed by atoms with Crippen LogP contribution in [0.5, 0.6) is 0 Å². The van der Waals surface area contributed by atoms with E-state index in [9.17, 15) is 9.90 Å². The van der Waals surface area contributed by atoms with E-state index in [4.69, 9.17) is 4.74 Å². The molecule has 0 bridgehead atoms. The van der Waals surface area contributed by atoms with Crippen LogP contribution in [0.1, 0.15) is 17.9 Å². The van der Waals surface area contributed by atoms with E-state index >= 15 is 0 Å². The number of aliphatic hydroxyl groups excluding tert-OH is 1. The van der Waals surface area contributed by atoms with Gasteiger partial charge in [0, 0.05) is 19.3 Å². The normalized spacial score (nSPS) is 19.2. The lowest BCUT2D eigenvalue weighted by atomic mass is 9.90. The molecule has 0 fully saturated rings. The SMILES string of the molecule is COCC(CO)NC(=O)C1CCNc2ccccc21. The highest BCUT2D eigenvalue weighted by Crippen LogP contribution is 2.31. The summed E-state index contributed by atoms with van der Waals surface area (Å²) in [6.45, 7) is 0.976. The van der Waals surface area contributed by atoms with Crippen LogP contribution in [-0.4, -0.2) is 43.9 Å². The standard InChI is InChI=1S/C14H20N2O3/c1-19-9-10(8-17)16-14(18)12-6-7-15-13-5-3-2-4-11(12)13/h2-5,10,12,15,17H,6-9H2,1H3,(H,16,18).